The first-order chi connectivity index (χ1) is 12.5. The van der Waals surface area contributed by atoms with E-state index in [0.717, 1.165) is 10.1 Å². The number of nitrogens with one attached hydrogen (secondary N) is 2. The number of carbonyl (C=O) groups is 1. The van der Waals surface area contributed by atoms with E-state index in [-0.39, 0.29) is 5.95 Å². The molecule has 0 unspecified atom stereocenters. The van der Waals surface area contributed by atoms with Crippen LogP contribution < -0.4 is 5.32 Å². The van der Waals surface area contributed by atoms with Crippen LogP contribution in [-0.2, 0) is 0 Å². The molecular formula is C17H9Cl3N4OS. The molecule has 2 aromatic heterocycles. The molecule has 0 fully saturated rings. The minimum Gasteiger partial charge on any atom is -0.288 e. The average Bonchev–Trinajstić information content (AvgIpc) is 3.20. The number of nitrogens with zero attached hydrogens (tertiary/aromatic N) is 2. The van der Waals surface area contributed by atoms with Crippen molar-refractivity contribution >= 4 is 68.1 Å². The molecule has 0 atom stereocenters. The summed E-state index contributed by atoms with van der Waals surface area (Å²) >= 11 is 19.7. The van der Waals surface area contributed by atoms with Gasteiger partial charge in [0.05, 0.1) is 10.0 Å². The minimum absolute atomic E-state index is 0.136. The number of hydrogen-bond donors (Lipinski definition) is 2. The molecule has 1 amide bonds. The number of benzene rings is 2. The first-order valence-corrected chi connectivity index (χ1v) is 9.34. The Kier molecular flexibility index (Phi) is 4.58. The van der Waals surface area contributed by atoms with Crippen LogP contribution in [0.4, 0.5) is 5.95 Å². The summed E-state index contributed by atoms with van der Waals surface area (Å²) in [4.78, 5) is 17.2. The molecule has 5 nitrogen and oxygen atoms in total. The number of hydrogen-bond acceptors (Lipinski definition) is 4. The third-order valence-corrected chi connectivity index (χ3v) is 5.86. The van der Waals surface area contributed by atoms with Crippen LogP contribution in [0.15, 0.2) is 42.5 Å². The van der Waals surface area contributed by atoms with Gasteiger partial charge in [-0.15, -0.1) is 16.4 Å². The molecule has 0 aliphatic carbocycles. The van der Waals surface area contributed by atoms with Gasteiger partial charge in [0.1, 0.15) is 4.88 Å². The van der Waals surface area contributed by atoms with Crippen molar-refractivity contribution in [2.75, 3.05) is 5.32 Å². The first kappa shape index (κ1) is 17.3. The molecule has 0 saturated carbocycles. The highest BCUT2D eigenvalue weighted by Gasteiger charge is 2.19. The number of H-pyrrole nitrogens is 1. The second-order valence-corrected chi connectivity index (χ2v) is 7.60. The lowest BCUT2D eigenvalue weighted by atomic mass is 10.2. The number of halogens is 3. The monoisotopic (exact) mass is 422 g/mol. The predicted octanol–water partition coefficient (Wildman–Crippen LogP) is 5.90. The lowest BCUT2D eigenvalue weighted by molar-refractivity contribution is 0.103. The Bertz CT molecular complexity index is 1140. The molecule has 2 aromatic carbocycles. The van der Waals surface area contributed by atoms with E-state index in [1.54, 1.807) is 30.3 Å². The molecule has 0 aliphatic heterocycles. The summed E-state index contributed by atoms with van der Waals surface area (Å²) < 4.78 is 0.833. The first-order valence-electron chi connectivity index (χ1n) is 7.39. The number of carbonyl (C=O) groups excluding carboxylic acids is 1. The molecule has 0 bridgehead atoms. The predicted molar refractivity (Wildman–Crippen MR) is 107 cm³/mol. The fraction of sp³-hybridized carbons (Fsp3) is 0. The van der Waals surface area contributed by atoms with Crippen molar-refractivity contribution in [3.05, 3.63) is 62.4 Å². The van der Waals surface area contributed by atoms with E-state index in [0.29, 0.717) is 31.3 Å². The zero-order valence-electron chi connectivity index (χ0n) is 12.9. The topological polar surface area (TPSA) is 70.7 Å². The molecule has 0 spiro atoms. The van der Waals surface area contributed by atoms with Crippen LogP contribution in [0.5, 0.6) is 0 Å². The van der Waals surface area contributed by atoms with Crippen LogP contribution in [0.1, 0.15) is 9.67 Å². The van der Waals surface area contributed by atoms with E-state index in [1.165, 1.54) is 11.3 Å². The Balaban J connectivity index is 1.61. The van der Waals surface area contributed by atoms with Crippen LogP contribution in [0, 0.1) is 0 Å². The van der Waals surface area contributed by atoms with Crippen LogP contribution in [0.2, 0.25) is 15.1 Å². The maximum Gasteiger partial charge on any atom is 0.269 e. The average molecular weight is 424 g/mol. The quantitative estimate of drug-likeness (QED) is 0.431. The van der Waals surface area contributed by atoms with Gasteiger partial charge in [-0.1, -0.05) is 53.0 Å². The molecule has 4 rings (SSSR count). The zero-order chi connectivity index (χ0) is 18.3. The van der Waals surface area contributed by atoms with Crippen molar-refractivity contribution in [1.82, 2.24) is 15.2 Å². The normalized spacial score (nSPS) is 11.0. The van der Waals surface area contributed by atoms with Crippen molar-refractivity contribution in [1.29, 1.82) is 0 Å². The van der Waals surface area contributed by atoms with Crippen LogP contribution in [0.25, 0.3) is 21.5 Å². The molecule has 2 heterocycles. The summed E-state index contributed by atoms with van der Waals surface area (Å²) in [5.74, 6) is 0.202. The SMILES string of the molecule is O=C(Nc1n[nH]c(-c2ccccc2Cl)n1)c1sc2cc(Cl)ccc2c1Cl. The van der Waals surface area contributed by atoms with E-state index in [4.69, 9.17) is 34.8 Å². The molecule has 0 aliphatic rings. The van der Waals surface area contributed by atoms with E-state index in [2.05, 4.69) is 20.5 Å². The summed E-state index contributed by atoms with van der Waals surface area (Å²) in [5, 5.41) is 11.7. The van der Waals surface area contributed by atoms with Gasteiger partial charge in [0.25, 0.3) is 5.91 Å². The second-order valence-electron chi connectivity index (χ2n) is 5.33. The standard InChI is InChI=1S/C17H9Cl3N4OS/c18-8-5-6-10-12(7-8)26-14(13(10)20)16(25)22-17-21-15(23-24-17)9-3-1-2-4-11(9)19/h1-7H,(H2,21,22,23,24,25). The number of aromatic nitrogens is 3. The van der Waals surface area contributed by atoms with E-state index < -0.39 is 5.91 Å². The molecule has 0 radical (unpaired) electrons. The molecule has 0 saturated heterocycles. The molecular weight excluding hydrogens is 415 g/mol. The highest BCUT2D eigenvalue weighted by atomic mass is 35.5. The number of amides is 1. The summed E-state index contributed by atoms with van der Waals surface area (Å²) in [6.45, 7) is 0. The molecule has 2 N–H and O–H groups in total. The van der Waals surface area contributed by atoms with Gasteiger partial charge >= 0.3 is 0 Å². The number of aromatic amines is 1. The van der Waals surface area contributed by atoms with Gasteiger partial charge in [-0.3, -0.25) is 15.2 Å². The molecule has 9 heteroatoms. The Labute approximate surface area is 166 Å². The summed E-state index contributed by atoms with van der Waals surface area (Å²) in [6.07, 6.45) is 0. The number of fused-ring (bicyclic) bond motifs is 1. The number of anilines is 1. The molecule has 130 valence electrons. The van der Waals surface area contributed by atoms with E-state index in [1.807, 2.05) is 12.1 Å². The maximum absolute atomic E-state index is 12.6. The van der Waals surface area contributed by atoms with Crippen molar-refractivity contribution in [2.24, 2.45) is 0 Å². The second kappa shape index (κ2) is 6.89. The number of thiophene rings is 1. The van der Waals surface area contributed by atoms with Gasteiger partial charge in [-0.25, -0.2) is 0 Å². The highest BCUT2D eigenvalue weighted by molar-refractivity contribution is 7.21. The zero-order valence-corrected chi connectivity index (χ0v) is 16.0. The third-order valence-electron chi connectivity index (χ3n) is 3.64. The number of rotatable bonds is 3. The minimum atomic E-state index is -0.392. The Morgan fingerprint density at radius 3 is 2.73 bits per heavy atom. The van der Waals surface area contributed by atoms with Gasteiger partial charge in [0, 0.05) is 20.7 Å². The lowest BCUT2D eigenvalue weighted by Crippen LogP contribution is -2.11. The third kappa shape index (κ3) is 3.17. The summed E-state index contributed by atoms with van der Waals surface area (Å²) in [7, 11) is 0. The van der Waals surface area contributed by atoms with Gasteiger partial charge < -0.3 is 0 Å². The Morgan fingerprint density at radius 1 is 1.12 bits per heavy atom. The van der Waals surface area contributed by atoms with Gasteiger partial charge in [-0.2, -0.15) is 4.98 Å². The van der Waals surface area contributed by atoms with E-state index >= 15 is 0 Å². The smallest absolute Gasteiger partial charge is 0.269 e. The van der Waals surface area contributed by atoms with Crippen molar-refractivity contribution in [2.45, 2.75) is 0 Å². The van der Waals surface area contributed by atoms with Gasteiger partial charge in [0.2, 0.25) is 5.95 Å². The summed E-state index contributed by atoms with van der Waals surface area (Å²) in [5.41, 5.74) is 0.691. The highest BCUT2D eigenvalue weighted by Crippen LogP contribution is 2.37. The van der Waals surface area contributed by atoms with E-state index in [9.17, 15) is 4.79 Å². The maximum atomic E-state index is 12.6. The van der Waals surface area contributed by atoms with Crippen LogP contribution in [0.3, 0.4) is 0 Å². The van der Waals surface area contributed by atoms with Gasteiger partial charge in [0.15, 0.2) is 5.82 Å². The lowest BCUT2D eigenvalue weighted by Gasteiger charge is -1.99. The van der Waals surface area contributed by atoms with Crippen LogP contribution >= 0.6 is 46.1 Å². The largest absolute Gasteiger partial charge is 0.288 e. The Morgan fingerprint density at radius 2 is 1.92 bits per heavy atom. The van der Waals surface area contributed by atoms with Gasteiger partial charge in [-0.05, 0) is 24.3 Å². The van der Waals surface area contributed by atoms with Crippen LogP contribution in [-0.4, -0.2) is 21.1 Å². The molecule has 4 aromatic rings. The summed E-state index contributed by atoms with van der Waals surface area (Å²) in [6, 6.07) is 12.5. The Hall–Kier alpha value is -2.12. The van der Waals surface area contributed by atoms with Crippen molar-refractivity contribution in [3.63, 3.8) is 0 Å². The van der Waals surface area contributed by atoms with Crippen molar-refractivity contribution in [3.8, 4) is 11.4 Å². The fourth-order valence-corrected chi connectivity index (χ4v) is 4.35. The van der Waals surface area contributed by atoms with Crippen molar-refractivity contribution < 1.29 is 4.79 Å². The molecule has 26 heavy (non-hydrogen) atoms. The fourth-order valence-electron chi connectivity index (χ4n) is 2.43.